The number of nitrogens with zero attached hydrogens (tertiary/aromatic N) is 1. The molecule has 26 heavy (non-hydrogen) atoms. The lowest BCUT2D eigenvalue weighted by molar-refractivity contribution is -0.144. The number of aromatic nitrogens is 1. The van der Waals surface area contributed by atoms with Crippen molar-refractivity contribution in [3.8, 4) is 23.1 Å². The Morgan fingerprint density at radius 1 is 1.08 bits per heavy atom. The van der Waals surface area contributed by atoms with E-state index in [9.17, 15) is 9.18 Å². The molecule has 3 aromatic rings. The predicted molar refractivity (Wildman–Crippen MR) is 92.5 cm³/mol. The fraction of sp³-hybridized carbons (Fsp3) is 0.158. The standard InChI is InChI=1S/C19H16FNO5/c1-11(19(22)23)25-13-5-7-14(8-6-13)26-16-10-4-12-3-9-15(20)18(24-2)17(12)21-16/h3-11H,1-2H3,(H,22,23). The monoisotopic (exact) mass is 357 g/mol. The summed E-state index contributed by atoms with van der Waals surface area (Å²) in [5.74, 6) is -0.344. The number of rotatable bonds is 6. The van der Waals surface area contributed by atoms with Crippen molar-refractivity contribution in [2.45, 2.75) is 13.0 Å². The molecule has 3 rings (SSSR count). The Labute approximate surface area is 148 Å². The highest BCUT2D eigenvalue weighted by Crippen LogP contribution is 2.30. The molecule has 0 spiro atoms. The van der Waals surface area contributed by atoms with Gasteiger partial charge in [0.1, 0.15) is 17.0 Å². The molecule has 1 aromatic heterocycles. The van der Waals surface area contributed by atoms with Gasteiger partial charge >= 0.3 is 5.97 Å². The molecule has 1 N–H and O–H groups in total. The van der Waals surface area contributed by atoms with Gasteiger partial charge in [0.2, 0.25) is 5.88 Å². The molecule has 0 aliphatic carbocycles. The van der Waals surface area contributed by atoms with Crippen molar-refractivity contribution in [2.24, 2.45) is 0 Å². The van der Waals surface area contributed by atoms with Crippen LogP contribution in [0.25, 0.3) is 10.9 Å². The quantitative estimate of drug-likeness (QED) is 0.718. The fourth-order valence-electron chi connectivity index (χ4n) is 2.33. The molecule has 2 aromatic carbocycles. The van der Waals surface area contributed by atoms with Crippen LogP contribution in [0.5, 0.6) is 23.1 Å². The highest BCUT2D eigenvalue weighted by Gasteiger charge is 2.13. The van der Waals surface area contributed by atoms with Crippen molar-refractivity contribution < 1.29 is 28.5 Å². The number of benzene rings is 2. The van der Waals surface area contributed by atoms with Gasteiger partial charge in [-0.2, -0.15) is 0 Å². The van der Waals surface area contributed by atoms with Gasteiger partial charge < -0.3 is 19.3 Å². The largest absolute Gasteiger partial charge is 0.491 e. The Kier molecular flexibility index (Phi) is 4.88. The second-order valence-corrected chi connectivity index (χ2v) is 5.47. The van der Waals surface area contributed by atoms with Crippen LogP contribution in [0, 0.1) is 5.82 Å². The van der Waals surface area contributed by atoms with Gasteiger partial charge in [-0.05, 0) is 49.4 Å². The lowest BCUT2D eigenvalue weighted by Gasteiger charge is -2.11. The van der Waals surface area contributed by atoms with Gasteiger partial charge in [-0.3, -0.25) is 0 Å². The molecule has 0 saturated heterocycles. The number of ether oxygens (including phenoxy) is 3. The van der Waals surface area contributed by atoms with E-state index in [-0.39, 0.29) is 11.6 Å². The molecule has 0 radical (unpaired) electrons. The molecule has 1 heterocycles. The number of fused-ring (bicyclic) bond motifs is 1. The van der Waals surface area contributed by atoms with Gasteiger partial charge in [0.25, 0.3) is 0 Å². The molecular formula is C19H16FNO5. The number of aliphatic carboxylic acids is 1. The number of carboxylic acid groups (broad SMARTS) is 1. The molecule has 0 aliphatic rings. The van der Waals surface area contributed by atoms with Crippen LogP contribution in [0.2, 0.25) is 0 Å². The molecule has 1 unspecified atom stereocenters. The maximum Gasteiger partial charge on any atom is 0.344 e. The first-order chi connectivity index (χ1) is 12.5. The molecular weight excluding hydrogens is 341 g/mol. The highest BCUT2D eigenvalue weighted by molar-refractivity contribution is 5.85. The van der Waals surface area contributed by atoms with E-state index in [1.807, 2.05) is 0 Å². The maximum absolute atomic E-state index is 13.8. The van der Waals surface area contributed by atoms with Crippen LogP contribution in [-0.2, 0) is 4.79 Å². The first kappa shape index (κ1) is 17.5. The molecule has 0 bridgehead atoms. The Morgan fingerprint density at radius 3 is 2.38 bits per heavy atom. The molecule has 7 heteroatoms. The summed E-state index contributed by atoms with van der Waals surface area (Å²) in [5.41, 5.74) is 0.361. The molecule has 134 valence electrons. The average molecular weight is 357 g/mol. The maximum atomic E-state index is 13.8. The van der Waals surface area contributed by atoms with Crippen molar-refractivity contribution >= 4 is 16.9 Å². The average Bonchev–Trinajstić information content (AvgIpc) is 2.63. The molecule has 0 fully saturated rings. The number of carbonyl (C=O) groups is 1. The van der Waals surface area contributed by atoms with Gasteiger partial charge in [0.15, 0.2) is 17.7 Å². The molecule has 6 nitrogen and oxygen atoms in total. The van der Waals surface area contributed by atoms with Crippen molar-refractivity contribution in [3.05, 3.63) is 54.3 Å². The van der Waals surface area contributed by atoms with Crippen molar-refractivity contribution in [1.82, 2.24) is 4.98 Å². The number of pyridine rings is 1. The minimum atomic E-state index is -1.05. The zero-order valence-electron chi connectivity index (χ0n) is 14.1. The Hall–Kier alpha value is -3.35. The van der Waals surface area contributed by atoms with Crippen LogP contribution in [0.4, 0.5) is 4.39 Å². The SMILES string of the molecule is COc1c(F)ccc2ccc(Oc3ccc(OC(C)C(=O)O)cc3)nc12. The molecule has 1 atom stereocenters. The van der Waals surface area contributed by atoms with E-state index < -0.39 is 17.9 Å². The third kappa shape index (κ3) is 3.66. The number of halogens is 1. The van der Waals surface area contributed by atoms with Crippen LogP contribution in [-0.4, -0.2) is 29.3 Å². The summed E-state index contributed by atoms with van der Waals surface area (Å²) in [5, 5.41) is 9.57. The summed E-state index contributed by atoms with van der Waals surface area (Å²) in [6, 6.07) is 12.8. The Morgan fingerprint density at radius 2 is 1.73 bits per heavy atom. The molecule has 0 amide bonds. The Bertz CT molecular complexity index is 943. The van der Waals surface area contributed by atoms with E-state index in [0.717, 1.165) is 5.39 Å². The zero-order chi connectivity index (χ0) is 18.7. The third-order valence-electron chi connectivity index (χ3n) is 3.65. The van der Waals surface area contributed by atoms with Crippen LogP contribution in [0.15, 0.2) is 48.5 Å². The summed E-state index contributed by atoms with van der Waals surface area (Å²) in [4.78, 5) is 15.1. The van der Waals surface area contributed by atoms with Crippen LogP contribution >= 0.6 is 0 Å². The van der Waals surface area contributed by atoms with E-state index in [1.165, 1.54) is 20.1 Å². The van der Waals surface area contributed by atoms with Crippen LogP contribution in [0.3, 0.4) is 0 Å². The van der Waals surface area contributed by atoms with Gasteiger partial charge in [-0.15, -0.1) is 0 Å². The first-order valence-electron chi connectivity index (χ1n) is 7.78. The third-order valence-corrected chi connectivity index (χ3v) is 3.65. The van der Waals surface area contributed by atoms with Gasteiger partial charge in [0, 0.05) is 11.5 Å². The smallest absolute Gasteiger partial charge is 0.344 e. The van der Waals surface area contributed by atoms with Crippen molar-refractivity contribution in [2.75, 3.05) is 7.11 Å². The predicted octanol–water partition coefficient (Wildman–Crippen LogP) is 4.03. The summed E-state index contributed by atoms with van der Waals surface area (Å²) in [7, 11) is 1.38. The topological polar surface area (TPSA) is 77.9 Å². The summed E-state index contributed by atoms with van der Waals surface area (Å²) < 4.78 is 29.8. The number of hydrogen-bond donors (Lipinski definition) is 1. The van der Waals surface area contributed by atoms with E-state index in [1.54, 1.807) is 42.5 Å². The van der Waals surface area contributed by atoms with E-state index in [4.69, 9.17) is 19.3 Å². The van der Waals surface area contributed by atoms with E-state index >= 15 is 0 Å². The summed E-state index contributed by atoms with van der Waals surface area (Å²) in [6.45, 7) is 1.44. The second-order valence-electron chi connectivity index (χ2n) is 5.47. The van der Waals surface area contributed by atoms with Gasteiger partial charge in [0.05, 0.1) is 7.11 Å². The van der Waals surface area contributed by atoms with Gasteiger partial charge in [-0.25, -0.2) is 14.2 Å². The first-order valence-corrected chi connectivity index (χ1v) is 7.78. The minimum absolute atomic E-state index is 0.0550. The lowest BCUT2D eigenvalue weighted by atomic mass is 10.2. The highest BCUT2D eigenvalue weighted by atomic mass is 19.1. The molecule has 0 aliphatic heterocycles. The summed E-state index contributed by atoms with van der Waals surface area (Å²) in [6.07, 6.45) is -0.953. The number of carboxylic acids is 1. The molecule has 0 saturated carbocycles. The van der Waals surface area contributed by atoms with E-state index in [2.05, 4.69) is 4.98 Å². The number of hydrogen-bond acceptors (Lipinski definition) is 5. The van der Waals surface area contributed by atoms with Gasteiger partial charge in [-0.1, -0.05) is 0 Å². The lowest BCUT2D eigenvalue weighted by Crippen LogP contribution is -2.22. The van der Waals surface area contributed by atoms with E-state index in [0.29, 0.717) is 17.0 Å². The Balaban J connectivity index is 1.81. The number of methoxy groups -OCH3 is 1. The minimum Gasteiger partial charge on any atom is -0.491 e. The normalized spacial score (nSPS) is 11.8. The fourth-order valence-corrected chi connectivity index (χ4v) is 2.33. The van der Waals surface area contributed by atoms with Crippen molar-refractivity contribution in [1.29, 1.82) is 0 Å². The summed E-state index contributed by atoms with van der Waals surface area (Å²) >= 11 is 0. The second kappa shape index (κ2) is 7.26. The van der Waals surface area contributed by atoms with Crippen molar-refractivity contribution in [3.63, 3.8) is 0 Å². The van der Waals surface area contributed by atoms with Crippen LogP contribution < -0.4 is 14.2 Å². The zero-order valence-corrected chi connectivity index (χ0v) is 14.1. The van der Waals surface area contributed by atoms with Crippen LogP contribution in [0.1, 0.15) is 6.92 Å².